The Bertz CT molecular complexity index is 1090. The van der Waals surface area contributed by atoms with Gasteiger partial charge in [-0.1, -0.05) is 29.5 Å². The molecular formula is C20H19N5OS. The first-order valence-electron chi connectivity index (χ1n) is 8.76. The van der Waals surface area contributed by atoms with Crippen molar-refractivity contribution in [1.29, 1.82) is 0 Å². The molecule has 136 valence electrons. The van der Waals surface area contributed by atoms with Crippen LogP contribution in [-0.2, 0) is 13.1 Å². The summed E-state index contributed by atoms with van der Waals surface area (Å²) < 4.78 is 2.81. The molecule has 0 spiro atoms. The van der Waals surface area contributed by atoms with E-state index in [0.717, 1.165) is 27.9 Å². The molecule has 4 aromatic rings. The van der Waals surface area contributed by atoms with E-state index in [0.29, 0.717) is 17.4 Å². The molecule has 0 fully saturated rings. The molecule has 0 aliphatic rings. The van der Waals surface area contributed by atoms with Crippen molar-refractivity contribution >= 4 is 32.6 Å². The van der Waals surface area contributed by atoms with E-state index in [-0.39, 0.29) is 5.91 Å². The summed E-state index contributed by atoms with van der Waals surface area (Å²) in [7, 11) is 0. The number of thiazole rings is 1. The molecule has 3 aromatic heterocycles. The maximum Gasteiger partial charge on any atom is 0.280 e. The summed E-state index contributed by atoms with van der Waals surface area (Å²) in [6.45, 7) is 5.13. The van der Waals surface area contributed by atoms with Crippen LogP contribution in [0.2, 0.25) is 0 Å². The summed E-state index contributed by atoms with van der Waals surface area (Å²) in [5, 5.41) is 5.04. The van der Waals surface area contributed by atoms with Gasteiger partial charge >= 0.3 is 0 Å². The number of hydrogen-bond donors (Lipinski definition) is 0. The maximum atomic E-state index is 13.2. The molecular weight excluding hydrogens is 358 g/mol. The lowest BCUT2D eigenvalue weighted by atomic mass is 10.2. The Morgan fingerprint density at radius 1 is 1.22 bits per heavy atom. The van der Waals surface area contributed by atoms with Crippen molar-refractivity contribution in [2.24, 2.45) is 0 Å². The Kier molecular flexibility index (Phi) is 4.68. The third-order valence-corrected chi connectivity index (χ3v) is 5.38. The number of carbonyl (C=O) groups excluding carboxylic acids is 1. The smallest absolute Gasteiger partial charge is 0.278 e. The van der Waals surface area contributed by atoms with Crippen molar-refractivity contribution in [1.82, 2.24) is 19.7 Å². The molecule has 6 nitrogen and oxygen atoms in total. The van der Waals surface area contributed by atoms with Crippen molar-refractivity contribution in [2.75, 3.05) is 4.90 Å². The summed E-state index contributed by atoms with van der Waals surface area (Å²) in [5.74, 6) is -0.164. The molecule has 1 amide bonds. The van der Waals surface area contributed by atoms with E-state index in [9.17, 15) is 4.79 Å². The molecule has 0 unspecified atom stereocenters. The van der Waals surface area contributed by atoms with Crippen LogP contribution in [0.15, 0.2) is 55.0 Å². The number of aromatic nitrogens is 4. The molecule has 0 aliphatic heterocycles. The molecule has 27 heavy (non-hydrogen) atoms. The van der Waals surface area contributed by atoms with Crippen LogP contribution >= 0.6 is 11.3 Å². The van der Waals surface area contributed by atoms with Gasteiger partial charge in [0.05, 0.1) is 16.8 Å². The molecule has 0 saturated carbocycles. The summed E-state index contributed by atoms with van der Waals surface area (Å²) in [6.07, 6.45) is 5.31. The standard InChI is InChI=1S/C20H19N5OS/c1-3-24-11-9-16(23-24)19(26)25(13-15-7-5-10-21-12-15)20-22-18-14(2)6-4-8-17(18)27-20/h4-12H,3,13H2,1-2H3. The number of aryl methyl sites for hydroxylation is 2. The summed E-state index contributed by atoms with van der Waals surface area (Å²) in [6, 6.07) is 11.6. The maximum absolute atomic E-state index is 13.2. The van der Waals surface area contributed by atoms with Gasteiger partial charge in [-0.3, -0.25) is 19.4 Å². The number of rotatable bonds is 5. The van der Waals surface area contributed by atoms with Gasteiger partial charge in [0.15, 0.2) is 10.8 Å². The SMILES string of the molecule is CCn1ccc(C(=O)N(Cc2cccnc2)c2nc3c(C)cccc3s2)n1. The average molecular weight is 377 g/mol. The van der Waals surface area contributed by atoms with Gasteiger partial charge in [0.1, 0.15) is 0 Å². The number of nitrogens with zero attached hydrogens (tertiary/aromatic N) is 5. The molecule has 4 rings (SSSR count). The van der Waals surface area contributed by atoms with Crippen LogP contribution in [0, 0.1) is 6.92 Å². The third-order valence-electron chi connectivity index (χ3n) is 4.33. The monoisotopic (exact) mass is 377 g/mol. The summed E-state index contributed by atoms with van der Waals surface area (Å²) in [5.41, 5.74) is 3.38. The molecule has 0 atom stereocenters. The number of anilines is 1. The highest BCUT2D eigenvalue weighted by molar-refractivity contribution is 7.22. The fourth-order valence-electron chi connectivity index (χ4n) is 2.88. The number of para-hydroxylation sites is 1. The molecule has 0 bridgehead atoms. The van der Waals surface area contributed by atoms with E-state index in [1.165, 1.54) is 11.3 Å². The molecule has 3 heterocycles. The first-order chi connectivity index (χ1) is 13.2. The van der Waals surface area contributed by atoms with Gasteiger partial charge < -0.3 is 0 Å². The van der Waals surface area contributed by atoms with Crippen LogP contribution in [0.5, 0.6) is 0 Å². The zero-order valence-electron chi connectivity index (χ0n) is 15.2. The lowest BCUT2D eigenvalue weighted by Gasteiger charge is -2.18. The van der Waals surface area contributed by atoms with E-state index in [1.807, 2.05) is 50.4 Å². The number of hydrogen-bond acceptors (Lipinski definition) is 5. The minimum Gasteiger partial charge on any atom is -0.278 e. The lowest BCUT2D eigenvalue weighted by molar-refractivity contribution is 0.0979. The zero-order valence-corrected chi connectivity index (χ0v) is 16.0. The average Bonchev–Trinajstić information content (AvgIpc) is 3.34. The van der Waals surface area contributed by atoms with Crippen LogP contribution in [0.25, 0.3) is 10.2 Å². The Morgan fingerprint density at radius 2 is 2.11 bits per heavy atom. The summed E-state index contributed by atoms with van der Waals surface area (Å²) >= 11 is 1.51. The highest BCUT2D eigenvalue weighted by atomic mass is 32.1. The molecule has 7 heteroatoms. The second-order valence-corrected chi connectivity index (χ2v) is 7.24. The Morgan fingerprint density at radius 3 is 2.81 bits per heavy atom. The molecule has 0 radical (unpaired) electrons. The molecule has 1 aromatic carbocycles. The van der Waals surface area contributed by atoms with Crippen molar-refractivity contribution in [2.45, 2.75) is 26.9 Å². The summed E-state index contributed by atoms with van der Waals surface area (Å²) in [4.78, 5) is 23.8. The van der Waals surface area contributed by atoms with Crippen LogP contribution in [0.1, 0.15) is 28.5 Å². The van der Waals surface area contributed by atoms with Gasteiger partial charge in [-0.2, -0.15) is 5.10 Å². The Labute approximate surface area is 161 Å². The lowest BCUT2D eigenvalue weighted by Crippen LogP contribution is -2.30. The largest absolute Gasteiger partial charge is 0.280 e. The van der Waals surface area contributed by atoms with Crippen molar-refractivity contribution in [3.8, 4) is 0 Å². The van der Waals surface area contributed by atoms with Gasteiger partial charge in [0, 0.05) is 25.1 Å². The van der Waals surface area contributed by atoms with E-state index in [2.05, 4.69) is 10.1 Å². The normalized spacial score (nSPS) is 11.0. The van der Waals surface area contributed by atoms with Crippen molar-refractivity contribution in [3.63, 3.8) is 0 Å². The Balaban J connectivity index is 1.76. The zero-order chi connectivity index (χ0) is 18.8. The number of pyridine rings is 1. The highest BCUT2D eigenvalue weighted by Gasteiger charge is 2.24. The van der Waals surface area contributed by atoms with E-state index < -0.39 is 0 Å². The van der Waals surface area contributed by atoms with Gasteiger partial charge in [0.25, 0.3) is 5.91 Å². The van der Waals surface area contributed by atoms with Crippen LogP contribution in [0.4, 0.5) is 5.13 Å². The first kappa shape index (κ1) is 17.4. The van der Waals surface area contributed by atoms with Gasteiger partial charge in [-0.15, -0.1) is 0 Å². The number of amides is 1. The van der Waals surface area contributed by atoms with E-state index >= 15 is 0 Å². The van der Waals surface area contributed by atoms with E-state index in [4.69, 9.17) is 4.98 Å². The van der Waals surface area contributed by atoms with Crippen molar-refractivity contribution < 1.29 is 4.79 Å². The van der Waals surface area contributed by atoms with Crippen molar-refractivity contribution in [3.05, 3.63) is 71.8 Å². The molecule has 0 N–H and O–H groups in total. The molecule has 0 aliphatic carbocycles. The van der Waals surface area contributed by atoms with Gasteiger partial charge in [-0.25, -0.2) is 4.98 Å². The van der Waals surface area contributed by atoms with Gasteiger partial charge in [0.2, 0.25) is 0 Å². The Hall–Kier alpha value is -3.06. The predicted octanol–water partition coefficient (Wildman–Crippen LogP) is 4.06. The van der Waals surface area contributed by atoms with Crippen LogP contribution in [-0.4, -0.2) is 25.7 Å². The number of carbonyl (C=O) groups is 1. The highest BCUT2D eigenvalue weighted by Crippen LogP contribution is 2.32. The third kappa shape index (κ3) is 3.46. The second-order valence-electron chi connectivity index (χ2n) is 6.23. The number of benzene rings is 1. The quantitative estimate of drug-likeness (QED) is 0.526. The van der Waals surface area contributed by atoms with Crippen LogP contribution in [0.3, 0.4) is 0 Å². The fraction of sp³-hybridized carbons (Fsp3) is 0.200. The topological polar surface area (TPSA) is 63.9 Å². The molecule has 0 saturated heterocycles. The van der Waals surface area contributed by atoms with E-state index in [1.54, 1.807) is 28.0 Å². The first-order valence-corrected chi connectivity index (χ1v) is 9.57. The number of fused-ring (bicyclic) bond motifs is 1. The predicted molar refractivity (Wildman–Crippen MR) is 107 cm³/mol. The van der Waals surface area contributed by atoms with Gasteiger partial charge in [-0.05, 0) is 43.2 Å². The fourth-order valence-corrected chi connectivity index (χ4v) is 3.92. The van der Waals surface area contributed by atoms with Crippen LogP contribution < -0.4 is 4.90 Å². The second kappa shape index (κ2) is 7.28. The minimum absolute atomic E-state index is 0.164. The minimum atomic E-state index is -0.164.